The zero-order chi connectivity index (χ0) is 21.0. The number of nitrogens with one attached hydrogen (secondary N) is 2. The summed E-state index contributed by atoms with van der Waals surface area (Å²) in [6, 6.07) is 25.8. The fourth-order valence-corrected chi connectivity index (χ4v) is 3.40. The SMILES string of the molecule is C1=Cc2cc3ccc(cc4nc(cc5ccc(cc1n2)[nH]5)C=C4)[nH]3.Nc1ccccc1. The van der Waals surface area contributed by atoms with Crippen LogP contribution in [-0.4, -0.2) is 19.9 Å². The van der Waals surface area contributed by atoms with E-state index in [0.717, 1.165) is 50.5 Å². The number of anilines is 1. The molecule has 2 aliphatic heterocycles. The van der Waals surface area contributed by atoms with E-state index in [1.54, 1.807) is 0 Å². The van der Waals surface area contributed by atoms with Crippen LogP contribution < -0.4 is 5.73 Å². The average Bonchev–Trinajstić information content (AvgIpc) is 3.55. The Labute approximate surface area is 179 Å². The Hall–Kier alpha value is -4.38. The summed E-state index contributed by atoms with van der Waals surface area (Å²) in [6.07, 6.45) is 8.09. The first-order valence-electron chi connectivity index (χ1n) is 10.0. The van der Waals surface area contributed by atoms with Crippen LogP contribution in [0.2, 0.25) is 0 Å². The van der Waals surface area contributed by atoms with Crippen molar-refractivity contribution in [3.05, 3.63) is 102 Å². The van der Waals surface area contributed by atoms with Crippen molar-refractivity contribution < 1.29 is 0 Å². The number of hydrogen-bond acceptors (Lipinski definition) is 3. The number of para-hydroxylation sites is 1. The lowest BCUT2D eigenvalue weighted by Gasteiger charge is -1.85. The van der Waals surface area contributed by atoms with E-state index in [2.05, 4.69) is 44.2 Å². The fourth-order valence-electron chi connectivity index (χ4n) is 3.40. The van der Waals surface area contributed by atoms with Crippen molar-refractivity contribution in [2.24, 2.45) is 0 Å². The van der Waals surface area contributed by atoms with Crippen LogP contribution in [0.3, 0.4) is 0 Å². The van der Waals surface area contributed by atoms with E-state index in [1.165, 1.54) is 0 Å². The third kappa shape index (κ3) is 4.62. The highest BCUT2D eigenvalue weighted by Gasteiger charge is 2.01. The average molecular weight is 403 g/mol. The molecule has 0 spiro atoms. The minimum atomic E-state index is 0.822. The molecule has 0 atom stereocenters. The zero-order valence-electron chi connectivity index (χ0n) is 16.8. The number of H-pyrrole nitrogens is 2. The summed E-state index contributed by atoms with van der Waals surface area (Å²) < 4.78 is 0. The minimum absolute atomic E-state index is 0.822. The Morgan fingerprint density at radius 2 is 0.839 bits per heavy atom. The van der Waals surface area contributed by atoms with Crippen molar-refractivity contribution in [1.82, 2.24) is 19.9 Å². The second-order valence-corrected chi connectivity index (χ2v) is 7.32. The summed E-state index contributed by atoms with van der Waals surface area (Å²) in [7, 11) is 0. The van der Waals surface area contributed by atoms with Crippen LogP contribution in [0.5, 0.6) is 0 Å². The number of nitrogens with zero attached hydrogens (tertiary/aromatic N) is 2. The Morgan fingerprint density at radius 3 is 1.13 bits per heavy atom. The lowest BCUT2D eigenvalue weighted by atomic mass is 10.3. The molecular formula is C26H21N5. The Morgan fingerprint density at radius 1 is 0.484 bits per heavy atom. The first-order chi connectivity index (χ1) is 15.2. The maximum atomic E-state index is 5.36. The normalized spacial score (nSPS) is 11.7. The van der Waals surface area contributed by atoms with Gasteiger partial charge >= 0.3 is 0 Å². The van der Waals surface area contributed by atoms with Gasteiger partial charge in [-0.2, -0.15) is 0 Å². The van der Waals surface area contributed by atoms with Crippen molar-refractivity contribution in [3.63, 3.8) is 0 Å². The van der Waals surface area contributed by atoms with Gasteiger partial charge < -0.3 is 15.7 Å². The standard InChI is InChI=1S/C20H14N4.C6H7N/c1-2-14-10-16-5-6-18(23-16)12-20-8-7-19(24-20)11-17-4-3-15(22-17)9-13(1)21-14;7-6-4-2-1-3-5-6/h1-12,21,24H;1-5H,7H2. The van der Waals surface area contributed by atoms with Gasteiger partial charge in [-0.25, -0.2) is 9.97 Å². The topological polar surface area (TPSA) is 83.4 Å². The molecule has 5 heteroatoms. The first-order valence-corrected chi connectivity index (χ1v) is 10.0. The van der Waals surface area contributed by atoms with E-state index in [-0.39, 0.29) is 0 Å². The fraction of sp³-hybridized carbons (Fsp3) is 0. The summed E-state index contributed by atoms with van der Waals surface area (Å²) in [5, 5.41) is 0. The van der Waals surface area contributed by atoms with Crippen LogP contribution in [0.1, 0.15) is 22.8 Å². The molecule has 1 aromatic carbocycles. The highest BCUT2D eigenvalue weighted by molar-refractivity contribution is 5.77. The summed E-state index contributed by atoms with van der Waals surface area (Å²) in [5.41, 5.74) is 14.0. The maximum absolute atomic E-state index is 5.36. The number of benzene rings is 1. The molecule has 6 rings (SSSR count). The van der Waals surface area contributed by atoms with Gasteiger partial charge in [-0.15, -0.1) is 0 Å². The number of nitrogens with two attached hydrogens (primary N) is 1. The highest BCUT2D eigenvalue weighted by atomic mass is 14.8. The first kappa shape index (κ1) is 18.6. The predicted molar refractivity (Wildman–Crippen MR) is 130 cm³/mol. The summed E-state index contributed by atoms with van der Waals surface area (Å²) in [4.78, 5) is 16.0. The molecule has 0 fully saturated rings. The Kier molecular flexibility index (Phi) is 4.91. The van der Waals surface area contributed by atoms with Crippen molar-refractivity contribution >= 4 is 52.1 Å². The number of aromatic nitrogens is 4. The van der Waals surface area contributed by atoms with Gasteiger partial charge in [0.25, 0.3) is 0 Å². The number of nitrogen functional groups attached to an aromatic ring is 1. The van der Waals surface area contributed by atoms with E-state index in [1.807, 2.05) is 78.9 Å². The van der Waals surface area contributed by atoms with Gasteiger partial charge in [0.1, 0.15) is 0 Å². The van der Waals surface area contributed by atoms with Gasteiger partial charge in [-0.05, 0) is 85.0 Å². The van der Waals surface area contributed by atoms with Crippen LogP contribution in [0, 0.1) is 0 Å². The number of hydrogen-bond donors (Lipinski definition) is 3. The summed E-state index contributed by atoms with van der Waals surface area (Å²) in [6.45, 7) is 0. The quantitative estimate of drug-likeness (QED) is 0.275. The molecule has 4 N–H and O–H groups in total. The molecule has 0 saturated carbocycles. The van der Waals surface area contributed by atoms with Gasteiger partial charge in [0.05, 0.1) is 22.8 Å². The molecule has 0 aliphatic carbocycles. The Balaban J connectivity index is 0.000000250. The predicted octanol–water partition coefficient (Wildman–Crippen LogP) is 5.92. The van der Waals surface area contributed by atoms with Crippen LogP contribution >= 0.6 is 0 Å². The number of fused-ring (bicyclic) bond motifs is 8. The van der Waals surface area contributed by atoms with E-state index < -0.39 is 0 Å². The molecule has 5 heterocycles. The molecule has 2 aliphatic rings. The van der Waals surface area contributed by atoms with Crippen molar-refractivity contribution in [2.45, 2.75) is 0 Å². The molecule has 31 heavy (non-hydrogen) atoms. The molecule has 0 amide bonds. The molecular weight excluding hydrogens is 382 g/mol. The van der Waals surface area contributed by atoms with Crippen LogP contribution in [0.15, 0.2) is 78.9 Å². The van der Waals surface area contributed by atoms with Crippen molar-refractivity contribution in [3.8, 4) is 0 Å². The lowest BCUT2D eigenvalue weighted by Crippen LogP contribution is -1.79. The minimum Gasteiger partial charge on any atom is -0.399 e. The zero-order valence-corrected chi connectivity index (χ0v) is 16.8. The van der Waals surface area contributed by atoms with Crippen LogP contribution in [0.4, 0.5) is 5.69 Å². The third-order valence-corrected chi connectivity index (χ3v) is 4.84. The third-order valence-electron chi connectivity index (χ3n) is 4.84. The molecule has 4 aromatic rings. The monoisotopic (exact) mass is 403 g/mol. The van der Waals surface area contributed by atoms with E-state index in [9.17, 15) is 0 Å². The largest absolute Gasteiger partial charge is 0.399 e. The molecule has 5 nitrogen and oxygen atoms in total. The van der Waals surface area contributed by atoms with Crippen molar-refractivity contribution in [2.75, 3.05) is 5.73 Å². The molecule has 0 saturated heterocycles. The van der Waals surface area contributed by atoms with Crippen LogP contribution in [0.25, 0.3) is 46.4 Å². The summed E-state index contributed by atoms with van der Waals surface area (Å²) >= 11 is 0. The van der Waals surface area contributed by atoms with Crippen LogP contribution in [-0.2, 0) is 0 Å². The van der Waals surface area contributed by atoms with E-state index in [0.29, 0.717) is 0 Å². The smallest absolute Gasteiger partial charge is 0.0658 e. The van der Waals surface area contributed by atoms with Gasteiger partial charge in [0, 0.05) is 27.8 Å². The van der Waals surface area contributed by atoms with Gasteiger partial charge in [-0.1, -0.05) is 18.2 Å². The van der Waals surface area contributed by atoms with E-state index >= 15 is 0 Å². The molecule has 0 unspecified atom stereocenters. The summed E-state index contributed by atoms with van der Waals surface area (Å²) in [5.74, 6) is 0. The number of aromatic amines is 2. The lowest BCUT2D eigenvalue weighted by molar-refractivity contribution is 1.31. The van der Waals surface area contributed by atoms with Crippen molar-refractivity contribution in [1.29, 1.82) is 0 Å². The van der Waals surface area contributed by atoms with Gasteiger partial charge in [0.15, 0.2) is 0 Å². The van der Waals surface area contributed by atoms with Gasteiger partial charge in [-0.3, -0.25) is 0 Å². The molecule has 150 valence electrons. The maximum Gasteiger partial charge on any atom is 0.0658 e. The van der Waals surface area contributed by atoms with E-state index in [4.69, 9.17) is 5.73 Å². The second kappa shape index (κ2) is 8.16. The molecule has 3 aromatic heterocycles. The molecule has 8 bridgehead atoms. The second-order valence-electron chi connectivity index (χ2n) is 7.32. The Bertz CT molecular complexity index is 1260. The highest BCUT2D eigenvalue weighted by Crippen LogP contribution is 2.16. The molecule has 0 radical (unpaired) electrons. The number of rotatable bonds is 0. The van der Waals surface area contributed by atoms with Gasteiger partial charge in [0.2, 0.25) is 0 Å².